The van der Waals surface area contributed by atoms with E-state index in [0.717, 1.165) is 0 Å². The Labute approximate surface area is 96.6 Å². The third-order valence-electron chi connectivity index (χ3n) is 1.78. The molecule has 0 N–H and O–H groups in total. The van der Waals surface area contributed by atoms with Crippen molar-refractivity contribution in [2.75, 3.05) is 0 Å². The number of ether oxygens (including phenoxy) is 1. The van der Waals surface area contributed by atoms with E-state index in [1.54, 1.807) is 0 Å². The highest BCUT2D eigenvalue weighted by Gasteiger charge is 2.36. The lowest BCUT2D eigenvalue weighted by Gasteiger charge is -2.15. The molecule has 0 saturated carbocycles. The molecule has 9 heteroatoms. The summed E-state index contributed by atoms with van der Waals surface area (Å²) in [4.78, 5) is 3.14. The fraction of sp³-hybridized carbons (Fsp3) is 0.333. The second-order valence-electron chi connectivity index (χ2n) is 2.98. The molecular weight excluding hydrogens is 266 g/mol. The van der Waals surface area contributed by atoms with E-state index in [1.165, 1.54) is 6.07 Å². The summed E-state index contributed by atoms with van der Waals surface area (Å²) in [5, 5.41) is 8.33. The van der Waals surface area contributed by atoms with Gasteiger partial charge in [0.2, 0.25) is 0 Å². The summed E-state index contributed by atoms with van der Waals surface area (Å²) in [5.74, 6) is -3.09. The molecule has 1 heterocycles. The Balaban J connectivity index is 3.39. The number of rotatable bonds is 3. The number of nitrogens with zero attached hydrogens (tertiary/aromatic N) is 2. The monoisotopic (exact) mass is 270 g/mol. The minimum absolute atomic E-state index is 0.317. The zero-order valence-corrected chi connectivity index (χ0v) is 8.43. The maximum absolute atomic E-state index is 13.0. The first kappa shape index (κ1) is 14.1. The van der Waals surface area contributed by atoms with Gasteiger partial charge in [0.15, 0.2) is 11.6 Å². The Morgan fingerprint density at radius 2 is 2.00 bits per heavy atom. The van der Waals surface area contributed by atoms with Crippen LogP contribution in [0.2, 0.25) is 0 Å². The molecule has 1 rings (SSSR count). The van der Waals surface area contributed by atoms with E-state index in [9.17, 15) is 26.3 Å². The molecule has 0 amide bonds. The van der Waals surface area contributed by atoms with E-state index >= 15 is 0 Å². The highest BCUT2D eigenvalue weighted by Crippen LogP contribution is 2.36. The first-order chi connectivity index (χ1) is 8.26. The Kier molecular flexibility index (Phi) is 4.00. The maximum atomic E-state index is 13.0. The van der Waals surface area contributed by atoms with Crippen molar-refractivity contribution in [1.29, 1.82) is 5.26 Å². The van der Waals surface area contributed by atoms with Crippen LogP contribution < -0.4 is 4.74 Å². The molecule has 0 aliphatic heterocycles. The summed E-state index contributed by atoms with van der Waals surface area (Å²) >= 11 is 0. The molecule has 0 bridgehead atoms. The van der Waals surface area contributed by atoms with E-state index in [2.05, 4.69) is 9.72 Å². The molecule has 3 nitrogen and oxygen atoms in total. The van der Waals surface area contributed by atoms with Gasteiger partial charge >= 0.3 is 6.36 Å². The first-order valence-corrected chi connectivity index (χ1v) is 4.34. The lowest BCUT2D eigenvalue weighted by molar-refractivity contribution is -0.275. The molecule has 0 atom stereocenters. The maximum Gasteiger partial charge on any atom is 0.573 e. The van der Waals surface area contributed by atoms with Crippen LogP contribution in [-0.2, 0) is 6.42 Å². The lowest BCUT2D eigenvalue weighted by atomic mass is 10.1. The summed E-state index contributed by atoms with van der Waals surface area (Å²) in [6.07, 6.45) is -9.21. The van der Waals surface area contributed by atoms with E-state index in [-0.39, 0.29) is 0 Å². The Morgan fingerprint density at radius 3 is 2.44 bits per heavy atom. The predicted octanol–water partition coefficient (Wildman–Crippen LogP) is 3.12. The quantitative estimate of drug-likeness (QED) is 0.793. The van der Waals surface area contributed by atoms with Crippen LogP contribution in [0, 0.1) is 17.1 Å². The van der Waals surface area contributed by atoms with E-state index in [0.29, 0.717) is 6.20 Å². The second kappa shape index (κ2) is 5.12. The first-order valence-electron chi connectivity index (χ1n) is 4.34. The van der Waals surface area contributed by atoms with Crippen LogP contribution in [-0.4, -0.2) is 11.3 Å². The number of alkyl halides is 5. The number of halogens is 6. The summed E-state index contributed by atoms with van der Waals surface area (Å²) in [6, 6.07) is 1.42. The van der Waals surface area contributed by atoms with Gasteiger partial charge in [0.05, 0.1) is 29.9 Å². The summed E-state index contributed by atoms with van der Waals surface area (Å²) in [5.41, 5.74) is -2.26. The molecular formula is C9H4F6N2O. The molecule has 0 fully saturated rings. The summed E-state index contributed by atoms with van der Waals surface area (Å²) in [7, 11) is 0. The van der Waals surface area contributed by atoms with Crippen molar-refractivity contribution in [1.82, 2.24) is 4.98 Å². The van der Waals surface area contributed by atoms with Crippen molar-refractivity contribution < 1.29 is 31.1 Å². The lowest BCUT2D eigenvalue weighted by Crippen LogP contribution is -2.20. The van der Waals surface area contributed by atoms with Gasteiger partial charge in [0.1, 0.15) is 0 Å². The van der Waals surface area contributed by atoms with Gasteiger partial charge in [-0.05, 0) is 0 Å². The van der Waals surface area contributed by atoms with Crippen LogP contribution in [0.25, 0.3) is 0 Å². The highest BCUT2D eigenvalue weighted by molar-refractivity contribution is 5.40. The summed E-state index contributed by atoms with van der Waals surface area (Å²) in [6.45, 7) is 0. The molecule has 18 heavy (non-hydrogen) atoms. The van der Waals surface area contributed by atoms with Crippen LogP contribution in [0.5, 0.6) is 5.75 Å². The topological polar surface area (TPSA) is 45.9 Å². The highest BCUT2D eigenvalue weighted by atomic mass is 19.4. The summed E-state index contributed by atoms with van der Waals surface area (Å²) < 4.78 is 77.4. The molecule has 1 aromatic heterocycles. The van der Waals surface area contributed by atoms with Crippen molar-refractivity contribution in [3.05, 3.63) is 23.3 Å². The van der Waals surface area contributed by atoms with E-state index in [4.69, 9.17) is 5.26 Å². The van der Waals surface area contributed by atoms with Gasteiger partial charge in [-0.1, -0.05) is 0 Å². The van der Waals surface area contributed by atoms with Gasteiger partial charge in [0, 0.05) is 0 Å². The second-order valence-corrected chi connectivity index (χ2v) is 2.98. The average molecular weight is 270 g/mol. The van der Waals surface area contributed by atoms with E-state index < -0.39 is 42.0 Å². The molecule has 98 valence electrons. The van der Waals surface area contributed by atoms with Crippen molar-refractivity contribution in [3.8, 4) is 11.8 Å². The van der Waals surface area contributed by atoms with Crippen molar-refractivity contribution in [3.63, 3.8) is 0 Å². The number of hydrogen-bond donors (Lipinski definition) is 0. The van der Waals surface area contributed by atoms with Crippen molar-refractivity contribution in [2.45, 2.75) is 19.2 Å². The predicted molar refractivity (Wildman–Crippen MR) is 45.2 cm³/mol. The molecule has 0 aromatic carbocycles. The minimum Gasteiger partial charge on any atom is -0.403 e. The standard InChI is InChI=1S/C9H4F6N2O/c10-4-3-17-5(1-2-16)7(6(4)8(11)12)18-9(13,14)15/h3,8H,1H2. The fourth-order valence-corrected chi connectivity index (χ4v) is 1.16. The van der Waals surface area contributed by atoms with Gasteiger partial charge in [-0.3, -0.25) is 4.98 Å². The van der Waals surface area contributed by atoms with Crippen molar-refractivity contribution in [2.24, 2.45) is 0 Å². The van der Waals surface area contributed by atoms with Crippen LogP contribution >= 0.6 is 0 Å². The van der Waals surface area contributed by atoms with Gasteiger partial charge in [-0.2, -0.15) is 5.26 Å². The van der Waals surface area contributed by atoms with Crippen LogP contribution in [0.3, 0.4) is 0 Å². The number of nitriles is 1. The molecule has 0 unspecified atom stereocenters. The molecule has 0 spiro atoms. The largest absolute Gasteiger partial charge is 0.573 e. The van der Waals surface area contributed by atoms with Crippen LogP contribution in [0.1, 0.15) is 17.7 Å². The van der Waals surface area contributed by atoms with Crippen molar-refractivity contribution >= 4 is 0 Å². The Hall–Kier alpha value is -1.98. The number of pyridine rings is 1. The molecule has 0 aliphatic carbocycles. The average Bonchev–Trinajstić information content (AvgIpc) is 2.19. The molecule has 0 saturated heterocycles. The zero-order chi connectivity index (χ0) is 13.9. The van der Waals surface area contributed by atoms with Gasteiger partial charge in [-0.25, -0.2) is 13.2 Å². The number of hydrogen-bond acceptors (Lipinski definition) is 3. The van der Waals surface area contributed by atoms with Gasteiger partial charge in [-0.15, -0.1) is 13.2 Å². The molecule has 1 aromatic rings. The SMILES string of the molecule is N#CCc1ncc(F)c(C(F)F)c1OC(F)(F)F. The van der Waals surface area contributed by atoms with Crippen LogP contribution in [0.15, 0.2) is 6.20 Å². The van der Waals surface area contributed by atoms with Gasteiger partial charge in [0.25, 0.3) is 6.43 Å². The fourth-order valence-electron chi connectivity index (χ4n) is 1.16. The third kappa shape index (κ3) is 3.26. The third-order valence-corrected chi connectivity index (χ3v) is 1.78. The zero-order valence-electron chi connectivity index (χ0n) is 8.43. The van der Waals surface area contributed by atoms with Gasteiger partial charge < -0.3 is 4.74 Å². The van der Waals surface area contributed by atoms with E-state index in [1.807, 2.05) is 0 Å². The minimum atomic E-state index is -5.29. The Morgan fingerprint density at radius 1 is 1.39 bits per heavy atom. The number of aromatic nitrogens is 1. The Bertz CT molecular complexity index is 479. The normalized spacial score (nSPS) is 11.4. The smallest absolute Gasteiger partial charge is 0.403 e. The van der Waals surface area contributed by atoms with Crippen LogP contribution in [0.4, 0.5) is 26.3 Å². The molecule has 0 aliphatic rings. The molecule has 0 radical (unpaired) electrons.